The summed E-state index contributed by atoms with van der Waals surface area (Å²) in [6.07, 6.45) is 41.5. The van der Waals surface area contributed by atoms with Crippen LogP contribution in [0.1, 0.15) is 219 Å². The lowest BCUT2D eigenvalue weighted by Crippen LogP contribution is -2.37. The van der Waals surface area contributed by atoms with E-state index < -0.39 is 26.5 Å². The minimum absolute atomic E-state index is 0.0320. The van der Waals surface area contributed by atoms with Gasteiger partial charge >= 0.3 is 19.8 Å². The largest absolute Gasteiger partial charge is 0.472 e. The molecule has 0 aromatic heterocycles. The van der Waals surface area contributed by atoms with E-state index in [9.17, 15) is 19.0 Å². The van der Waals surface area contributed by atoms with Crippen LogP contribution in [0.5, 0.6) is 0 Å². The van der Waals surface area contributed by atoms with Gasteiger partial charge in [-0.1, -0.05) is 200 Å². The number of nitrogens with zero attached hydrogens (tertiary/aromatic N) is 1. The molecule has 0 saturated heterocycles. The molecule has 0 saturated carbocycles. The van der Waals surface area contributed by atoms with E-state index >= 15 is 0 Å². The van der Waals surface area contributed by atoms with E-state index in [-0.39, 0.29) is 19.2 Å². The molecule has 0 aliphatic rings. The molecule has 0 rings (SSSR count). The average Bonchev–Trinajstić information content (AvgIpc) is 3.11. The molecule has 10 heteroatoms. The number of likely N-dealkylation sites (N-methyl/N-ethyl adjacent to an activating group) is 1. The number of carbonyl (C=O) groups excluding carboxylic acids is 2. The minimum atomic E-state index is -4.32. The molecule has 1 N–H and O–H groups in total. The molecule has 322 valence electrons. The maximum absolute atomic E-state index is 12.2. The molecule has 0 aromatic rings. The molecule has 0 aliphatic carbocycles. The van der Waals surface area contributed by atoms with E-state index in [0.717, 1.165) is 19.3 Å². The van der Waals surface area contributed by atoms with E-state index in [1.54, 1.807) is 0 Å². The van der Waals surface area contributed by atoms with Crippen LogP contribution in [0.3, 0.4) is 0 Å². The van der Waals surface area contributed by atoms with Gasteiger partial charge in [0, 0.05) is 13.3 Å². The molecular weight excluding hydrogens is 701 g/mol. The number of quaternary nitrogens is 1. The van der Waals surface area contributed by atoms with Crippen molar-refractivity contribution in [3.63, 3.8) is 0 Å². The molecule has 0 spiro atoms. The third-order valence-corrected chi connectivity index (χ3v) is 11.2. The van der Waals surface area contributed by atoms with E-state index in [0.29, 0.717) is 17.4 Å². The van der Waals surface area contributed by atoms with Crippen molar-refractivity contribution in [2.24, 2.45) is 0 Å². The van der Waals surface area contributed by atoms with Crippen molar-refractivity contribution in [2.45, 2.75) is 225 Å². The molecule has 0 bridgehead atoms. The van der Waals surface area contributed by atoms with Crippen LogP contribution < -0.4 is 0 Å². The number of hydrogen-bond donors (Lipinski definition) is 1. The standard InChI is InChI=1S/C44H88NO8P/c1-6-7-8-9-10-11-12-13-14-15-16-17-18-19-20-21-22-23-24-25-26-27-28-29-30-31-32-33-34-35-36-37-44(47)50-40-43(53-42(2)46)41-52-54(48,49)51-39-38-45(3,4)5/h43H,6-41H2,1-5H3/p+1/t43-/m1/s1. The van der Waals surface area contributed by atoms with Gasteiger partial charge in [-0.2, -0.15) is 0 Å². The highest BCUT2D eigenvalue weighted by atomic mass is 31.2. The third-order valence-electron chi connectivity index (χ3n) is 10.2. The Morgan fingerprint density at radius 1 is 0.537 bits per heavy atom. The first-order valence-corrected chi connectivity index (χ1v) is 24.2. The van der Waals surface area contributed by atoms with E-state index in [4.69, 9.17) is 18.5 Å². The molecule has 2 atom stereocenters. The number of hydrogen-bond acceptors (Lipinski definition) is 7. The number of phosphoric acid groups is 1. The fourth-order valence-electron chi connectivity index (χ4n) is 6.72. The van der Waals surface area contributed by atoms with Crippen molar-refractivity contribution in [1.29, 1.82) is 0 Å². The molecule has 0 radical (unpaired) electrons. The Labute approximate surface area is 334 Å². The summed E-state index contributed by atoms with van der Waals surface area (Å²) in [5.41, 5.74) is 0. The highest BCUT2D eigenvalue weighted by Crippen LogP contribution is 2.43. The number of unbranched alkanes of at least 4 members (excludes halogenated alkanes) is 30. The summed E-state index contributed by atoms with van der Waals surface area (Å²) in [7, 11) is 1.48. The Hall–Kier alpha value is -0.990. The molecular formula is C44H89NO8P+. The zero-order valence-corrected chi connectivity index (χ0v) is 37.1. The van der Waals surface area contributed by atoms with Crippen LogP contribution in [-0.4, -0.2) is 74.9 Å². The molecule has 9 nitrogen and oxygen atoms in total. The molecule has 0 aromatic carbocycles. The van der Waals surface area contributed by atoms with Crippen molar-refractivity contribution >= 4 is 19.8 Å². The van der Waals surface area contributed by atoms with Gasteiger partial charge in [0.25, 0.3) is 0 Å². The molecule has 1 unspecified atom stereocenters. The van der Waals surface area contributed by atoms with Gasteiger partial charge in [0.15, 0.2) is 6.10 Å². The number of carbonyl (C=O) groups is 2. The fourth-order valence-corrected chi connectivity index (χ4v) is 7.46. The van der Waals surface area contributed by atoms with Crippen LogP contribution in [-0.2, 0) is 32.7 Å². The summed E-state index contributed by atoms with van der Waals surface area (Å²) in [4.78, 5) is 33.5. The Morgan fingerprint density at radius 3 is 1.19 bits per heavy atom. The first-order chi connectivity index (χ1) is 25.9. The Bertz CT molecular complexity index is 896. The van der Waals surface area contributed by atoms with Crippen LogP contribution in [0, 0.1) is 0 Å². The lowest BCUT2D eigenvalue weighted by atomic mass is 10.0. The quantitative estimate of drug-likeness (QED) is 0.0282. The van der Waals surface area contributed by atoms with E-state index in [1.807, 2.05) is 21.1 Å². The van der Waals surface area contributed by atoms with Gasteiger partial charge in [-0.25, -0.2) is 4.57 Å². The average molecular weight is 791 g/mol. The molecule has 0 heterocycles. The highest BCUT2D eigenvalue weighted by molar-refractivity contribution is 7.47. The Kier molecular flexibility index (Phi) is 36.9. The van der Waals surface area contributed by atoms with Gasteiger partial charge in [-0.05, 0) is 6.42 Å². The van der Waals surface area contributed by atoms with Gasteiger partial charge in [-0.3, -0.25) is 18.6 Å². The normalized spacial score (nSPS) is 13.5. The van der Waals surface area contributed by atoms with Crippen LogP contribution in [0.25, 0.3) is 0 Å². The molecule has 0 amide bonds. The zero-order chi connectivity index (χ0) is 40.0. The second kappa shape index (κ2) is 37.6. The molecule has 54 heavy (non-hydrogen) atoms. The summed E-state index contributed by atoms with van der Waals surface area (Å²) < 4.78 is 33.0. The van der Waals surface area contributed by atoms with Crippen molar-refractivity contribution < 1.29 is 42.1 Å². The fraction of sp³-hybridized carbons (Fsp3) is 0.955. The predicted molar refractivity (Wildman–Crippen MR) is 225 cm³/mol. The lowest BCUT2D eigenvalue weighted by molar-refractivity contribution is -0.870. The summed E-state index contributed by atoms with van der Waals surface area (Å²) in [5.74, 6) is -0.978. The van der Waals surface area contributed by atoms with Gasteiger partial charge < -0.3 is 18.9 Å². The summed E-state index contributed by atoms with van der Waals surface area (Å²) in [6, 6.07) is 0. The van der Waals surface area contributed by atoms with Crippen LogP contribution in [0.15, 0.2) is 0 Å². The molecule has 0 aliphatic heterocycles. The second-order valence-electron chi connectivity index (χ2n) is 16.9. The Morgan fingerprint density at radius 2 is 0.870 bits per heavy atom. The number of rotatable bonds is 42. The van der Waals surface area contributed by atoms with Crippen molar-refractivity contribution in [3.05, 3.63) is 0 Å². The summed E-state index contributed by atoms with van der Waals surface area (Å²) in [6.45, 7) is 3.41. The van der Waals surface area contributed by atoms with Crippen molar-refractivity contribution in [2.75, 3.05) is 47.5 Å². The molecule has 0 fully saturated rings. The van der Waals surface area contributed by atoms with Crippen LogP contribution in [0.2, 0.25) is 0 Å². The first-order valence-electron chi connectivity index (χ1n) is 22.7. The minimum Gasteiger partial charge on any atom is -0.462 e. The lowest BCUT2D eigenvalue weighted by Gasteiger charge is -2.24. The van der Waals surface area contributed by atoms with Gasteiger partial charge in [0.05, 0.1) is 27.7 Å². The van der Waals surface area contributed by atoms with Crippen molar-refractivity contribution in [3.8, 4) is 0 Å². The first kappa shape index (κ1) is 53.0. The predicted octanol–water partition coefficient (Wildman–Crippen LogP) is 12.8. The highest BCUT2D eigenvalue weighted by Gasteiger charge is 2.26. The number of phosphoric ester groups is 1. The monoisotopic (exact) mass is 791 g/mol. The maximum atomic E-state index is 12.2. The van der Waals surface area contributed by atoms with Gasteiger partial charge in [-0.15, -0.1) is 0 Å². The smallest absolute Gasteiger partial charge is 0.462 e. The number of ether oxygens (including phenoxy) is 2. The van der Waals surface area contributed by atoms with Gasteiger partial charge in [0.2, 0.25) is 0 Å². The third kappa shape index (κ3) is 42.2. The van der Waals surface area contributed by atoms with Gasteiger partial charge in [0.1, 0.15) is 19.8 Å². The SMILES string of the molecule is CCCCCCCCCCCCCCCCCCCCCCCCCCCCCCCCCC(=O)OC[C@H](COP(=O)(O)OCC[N+](C)(C)C)OC(C)=O. The maximum Gasteiger partial charge on any atom is 0.472 e. The van der Waals surface area contributed by atoms with E-state index in [2.05, 4.69) is 6.92 Å². The topological polar surface area (TPSA) is 108 Å². The number of esters is 2. The Balaban J connectivity index is 3.49. The zero-order valence-electron chi connectivity index (χ0n) is 36.2. The second-order valence-corrected chi connectivity index (χ2v) is 18.3. The summed E-state index contributed by atoms with van der Waals surface area (Å²) >= 11 is 0. The van der Waals surface area contributed by atoms with Crippen LogP contribution >= 0.6 is 7.82 Å². The van der Waals surface area contributed by atoms with Crippen LogP contribution in [0.4, 0.5) is 0 Å². The van der Waals surface area contributed by atoms with E-state index in [1.165, 1.54) is 187 Å². The van der Waals surface area contributed by atoms with Crippen molar-refractivity contribution in [1.82, 2.24) is 0 Å². The summed E-state index contributed by atoms with van der Waals surface area (Å²) in [5, 5.41) is 0.